The van der Waals surface area contributed by atoms with Crippen LogP contribution in [0.25, 0.3) is 0 Å². The first-order valence-electron chi connectivity index (χ1n) is 6.29. The summed E-state index contributed by atoms with van der Waals surface area (Å²) in [5, 5.41) is 13.4. The molecule has 1 fully saturated rings. The Hall–Kier alpha value is -2.11. The van der Waals surface area contributed by atoms with Gasteiger partial charge in [-0.25, -0.2) is 0 Å². The summed E-state index contributed by atoms with van der Waals surface area (Å²) in [4.78, 5) is 21.4. The van der Waals surface area contributed by atoms with Crippen LogP contribution >= 0.6 is 0 Å². The summed E-state index contributed by atoms with van der Waals surface area (Å²) < 4.78 is 5.78. The minimum atomic E-state index is -0.473. The van der Waals surface area contributed by atoms with Crippen molar-refractivity contribution >= 4 is 17.3 Å². The highest BCUT2D eigenvalue weighted by molar-refractivity contribution is 5.90. The summed E-state index contributed by atoms with van der Waals surface area (Å²) in [5.41, 5.74) is 0.437. The molecule has 0 saturated heterocycles. The molecule has 1 amide bonds. The maximum Gasteiger partial charge on any atom is 0.273 e. The summed E-state index contributed by atoms with van der Waals surface area (Å²) >= 11 is 0. The summed E-state index contributed by atoms with van der Waals surface area (Å²) in [5.74, 6) is 0.140. The van der Waals surface area contributed by atoms with Gasteiger partial charge in [0.2, 0.25) is 5.91 Å². The van der Waals surface area contributed by atoms with Crippen LogP contribution < -0.4 is 10.1 Å². The van der Waals surface area contributed by atoms with Gasteiger partial charge in [-0.15, -0.1) is 0 Å². The van der Waals surface area contributed by atoms with Crippen molar-refractivity contribution in [3.05, 3.63) is 28.3 Å². The number of anilines is 1. The van der Waals surface area contributed by atoms with Gasteiger partial charge in [0.05, 0.1) is 22.8 Å². The number of amides is 1. The molecule has 1 N–H and O–H groups in total. The molecule has 0 heterocycles. The van der Waals surface area contributed by atoms with E-state index in [1.165, 1.54) is 25.1 Å². The number of carbonyl (C=O) groups is 1. The van der Waals surface area contributed by atoms with Gasteiger partial charge in [0, 0.05) is 13.0 Å². The van der Waals surface area contributed by atoms with Crippen molar-refractivity contribution < 1.29 is 14.5 Å². The molecule has 1 aliphatic rings. The van der Waals surface area contributed by atoms with E-state index in [-0.39, 0.29) is 17.7 Å². The lowest BCUT2D eigenvalue weighted by atomic mass is 10.2. The number of nitrogens with one attached hydrogen (secondary N) is 1. The molecule has 0 radical (unpaired) electrons. The van der Waals surface area contributed by atoms with Crippen molar-refractivity contribution in [3.8, 4) is 5.75 Å². The van der Waals surface area contributed by atoms with Crippen LogP contribution in [0.5, 0.6) is 5.75 Å². The lowest BCUT2D eigenvalue weighted by Crippen LogP contribution is -2.14. The summed E-state index contributed by atoms with van der Waals surface area (Å²) in [6.07, 6.45) is 4.18. The predicted molar refractivity (Wildman–Crippen MR) is 70.3 cm³/mol. The predicted octanol–water partition coefficient (Wildman–Crippen LogP) is 2.87. The molecule has 0 unspecified atom stereocenters. The minimum absolute atomic E-state index is 0.0397. The number of nitro benzene ring substituents is 1. The largest absolute Gasteiger partial charge is 0.488 e. The van der Waals surface area contributed by atoms with E-state index < -0.39 is 4.92 Å². The van der Waals surface area contributed by atoms with Gasteiger partial charge in [-0.05, 0) is 31.7 Å². The third kappa shape index (κ3) is 3.43. The number of non-ortho nitro benzene ring substituents is 1. The maximum atomic E-state index is 11.1. The van der Waals surface area contributed by atoms with Crippen LogP contribution in [0.2, 0.25) is 0 Å². The van der Waals surface area contributed by atoms with Crippen molar-refractivity contribution in [2.24, 2.45) is 0 Å². The fraction of sp³-hybridized carbons (Fsp3) is 0.462. The minimum Gasteiger partial charge on any atom is -0.488 e. The average molecular weight is 264 g/mol. The van der Waals surface area contributed by atoms with E-state index in [1.807, 2.05) is 0 Å². The molecular formula is C13H16N2O4. The first-order valence-corrected chi connectivity index (χ1v) is 6.29. The highest BCUT2D eigenvalue weighted by Gasteiger charge is 2.20. The molecule has 0 spiro atoms. The van der Waals surface area contributed by atoms with Gasteiger partial charge in [0.25, 0.3) is 5.69 Å². The zero-order valence-corrected chi connectivity index (χ0v) is 10.7. The molecule has 0 bridgehead atoms. The van der Waals surface area contributed by atoms with E-state index in [0.717, 1.165) is 25.7 Å². The number of nitro groups is 1. The number of ether oxygens (including phenoxy) is 1. The number of nitrogens with zero attached hydrogens (tertiary/aromatic N) is 1. The van der Waals surface area contributed by atoms with Crippen LogP contribution in [-0.4, -0.2) is 16.9 Å². The van der Waals surface area contributed by atoms with Gasteiger partial charge in [-0.3, -0.25) is 14.9 Å². The van der Waals surface area contributed by atoms with Crippen LogP contribution in [0, 0.1) is 10.1 Å². The molecule has 6 heteroatoms. The van der Waals surface area contributed by atoms with Crippen molar-refractivity contribution in [3.63, 3.8) is 0 Å². The monoisotopic (exact) mass is 264 g/mol. The molecule has 0 aromatic heterocycles. The molecular weight excluding hydrogens is 248 g/mol. The molecule has 1 aromatic carbocycles. The third-order valence-electron chi connectivity index (χ3n) is 3.08. The Labute approximate surface area is 110 Å². The third-order valence-corrected chi connectivity index (χ3v) is 3.08. The van der Waals surface area contributed by atoms with E-state index in [1.54, 1.807) is 0 Å². The normalized spacial score (nSPS) is 15.2. The molecule has 6 nitrogen and oxygen atoms in total. The standard InChI is InChI=1S/C13H16N2O4/c1-9(16)14-12-7-6-10(15(17)18)8-13(12)19-11-4-2-3-5-11/h6-8,11H,2-5H2,1H3,(H,14,16). The molecule has 1 aromatic rings. The Balaban J connectivity index is 2.25. The Morgan fingerprint density at radius 3 is 2.68 bits per heavy atom. The van der Waals surface area contributed by atoms with Crippen LogP contribution in [0.3, 0.4) is 0 Å². The lowest BCUT2D eigenvalue weighted by Gasteiger charge is -2.16. The van der Waals surface area contributed by atoms with Crippen LogP contribution in [0.15, 0.2) is 18.2 Å². The second-order valence-corrected chi connectivity index (χ2v) is 4.64. The summed E-state index contributed by atoms with van der Waals surface area (Å²) in [7, 11) is 0. The first-order chi connectivity index (χ1) is 9.06. The fourth-order valence-electron chi connectivity index (χ4n) is 2.20. The quantitative estimate of drug-likeness (QED) is 0.669. The average Bonchev–Trinajstić information content (AvgIpc) is 2.83. The van der Waals surface area contributed by atoms with Gasteiger partial charge >= 0.3 is 0 Å². The van der Waals surface area contributed by atoms with E-state index >= 15 is 0 Å². The molecule has 19 heavy (non-hydrogen) atoms. The van der Waals surface area contributed by atoms with Crippen molar-refractivity contribution in [1.29, 1.82) is 0 Å². The van der Waals surface area contributed by atoms with Crippen molar-refractivity contribution in [2.75, 3.05) is 5.32 Å². The fourth-order valence-corrected chi connectivity index (χ4v) is 2.20. The maximum absolute atomic E-state index is 11.1. The highest BCUT2D eigenvalue weighted by atomic mass is 16.6. The van der Waals surface area contributed by atoms with E-state index in [9.17, 15) is 14.9 Å². The Bertz CT molecular complexity index is 495. The van der Waals surface area contributed by atoms with Gasteiger partial charge in [0.15, 0.2) is 0 Å². The van der Waals surface area contributed by atoms with Crippen LogP contribution in [-0.2, 0) is 4.79 Å². The second kappa shape index (κ2) is 5.69. The molecule has 2 rings (SSSR count). The molecule has 1 aliphatic carbocycles. The van der Waals surface area contributed by atoms with E-state index in [2.05, 4.69) is 5.32 Å². The van der Waals surface area contributed by atoms with Crippen LogP contribution in [0.1, 0.15) is 32.6 Å². The molecule has 102 valence electrons. The molecule has 0 aliphatic heterocycles. The number of hydrogen-bond donors (Lipinski definition) is 1. The topological polar surface area (TPSA) is 81.5 Å². The lowest BCUT2D eigenvalue weighted by molar-refractivity contribution is -0.384. The summed E-state index contributed by atoms with van der Waals surface area (Å²) in [6.45, 7) is 1.39. The zero-order valence-electron chi connectivity index (χ0n) is 10.7. The Morgan fingerprint density at radius 1 is 1.42 bits per heavy atom. The zero-order chi connectivity index (χ0) is 13.8. The van der Waals surface area contributed by atoms with Crippen molar-refractivity contribution in [1.82, 2.24) is 0 Å². The number of carbonyl (C=O) groups excluding carboxylic acids is 1. The summed E-state index contributed by atoms with van der Waals surface area (Å²) in [6, 6.07) is 4.22. The van der Waals surface area contributed by atoms with Gasteiger partial charge < -0.3 is 10.1 Å². The molecule has 1 saturated carbocycles. The molecule has 0 atom stereocenters. The van der Waals surface area contributed by atoms with Gasteiger partial charge in [0.1, 0.15) is 5.75 Å². The van der Waals surface area contributed by atoms with Gasteiger partial charge in [-0.2, -0.15) is 0 Å². The number of hydrogen-bond acceptors (Lipinski definition) is 4. The first kappa shape index (κ1) is 13.3. The van der Waals surface area contributed by atoms with Gasteiger partial charge in [-0.1, -0.05) is 0 Å². The van der Waals surface area contributed by atoms with E-state index in [0.29, 0.717) is 11.4 Å². The second-order valence-electron chi connectivity index (χ2n) is 4.64. The Morgan fingerprint density at radius 2 is 2.11 bits per heavy atom. The van der Waals surface area contributed by atoms with Crippen LogP contribution in [0.4, 0.5) is 11.4 Å². The number of benzene rings is 1. The highest BCUT2D eigenvalue weighted by Crippen LogP contribution is 2.33. The van der Waals surface area contributed by atoms with Crippen molar-refractivity contribution in [2.45, 2.75) is 38.7 Å². The smallest absolute Gasteiger partial charge is 0.273 e. The Kier molecular flexibility index (Phi) is 3.99. The SMILES string of the molecule is CC(=O)Nc1ccc([N+](=O)[O-])cc1OC1CCCC1. The number of rotatable bonds is 4. The van der Waals surface area contributed by atoms with E-state index in [4.69, 9.17) is 4.74 Å².